The van der Waals surface area contributed by atoms with E-state index in [0.717, 1.165) is 24.8 Å². The number of carbonyl (C=O) groups excluding carboxylic acids is 2. The van der Waals surface area contributed by atoms with Gasteiger partial charge in [-0.25, -0.2) is 6.42 Å². The van der Waals surface area contributed by atoms with Gasteiger partial charge in [0, 0.05) is 44.0 Å². The fourth-order valence-corrected chi connectivity index (χ4v) is 7.00. The van der Waals surface area contributed by atoms with Gasteiger partial charge in [-0.15, -0.1) is 0 Å². The van der Waals surface area contributed by atoms with Gasteiger partial charge in [-0.3, -0.25) is 4.79 Å². The molecule has 4 nitrogen and oxygen atoms in total. The molecule has 1 unspecified atom stereocenters. The first-order chi connectivity index (χ1) is 12.2. The smallest absolute Gasteiger partial charge is 0.161 e. The summed E-state index contributed by atoms with van der Waals surface area (Å²) >= 11 is 0. The standard InChI is InChI=1S/C22H29O4.Y/c1-20-11-19(26)22(3)16(15(20)6-7-17(20)18(25)12-23)5-4-13-10-14(24)8-9-21(13,22)2;/h4,8-10,15-17,19,23,26H,5-7,11-12H2,1-3H3;/q-1;/t15-,16-,17?,19-,20-,21-,22+;/m0./s1. The first kappa shape index (κ1) is 21.4. The maximum absolute atomic E-state index is 12.4. The monoisotopic (exact) mass is 446 g/mol. The third-order valence-electron chi connectivity index (χ3n) is 8.72. The van der Waals surface area contributed by atoms with E-state index in [2.05, 4.69) is 27.2 Å². The van der Waals surface area contributed by atoms with Gasteiger partial charge in [0.1, 0.15) is 6.61 Å². The average Bonchev–Trinajstić information content (AvgIpc) is 2.93. The molecule has 3 fully saturated rings. The maximum Gasteiger partial charge on any atom is 0.161 e. The van der Waals surface area contributed by atoms with Gasteiger partial charge in [-0.2, -0.15) is 11.6 Å². The van der Waals surface area contributed by atoms with Crippen molar-refractivity contribution in [2.24, 2.45) is 34.0 Å². The molecule has 145 valence electrons. The summed E-state index contributed by atoms with van der Waals surface area (Å²) in [6.07, 6.45) is 10.1. The zero-order valence-electron chi connectivity index (χ0n) is 16.4. The number of aliphatic hydroxyl groups excluding tert-OH is 2. The molecule has 4 rings (SSSR count). The van der Waals surface area contributed by atoms with Crippen LogP contribution in [0.2, 0.25) is 0 Å². The van der Waals surface area contributed by atoms with Crippen LogP contribution in [-0.4, -0.2) is 34.5 Å². The SMILES string of the molecule is C[C@]12[C@@H](O)C[C@]3(C)C(C(=O)CO)CC[C@H]3[C@@H]1C[CH-]C1=CC(=O)C=C[C@@]12C.[Y]. The topological polar surface area (TPSA) is 74.6 Å². The van der Waals surface area contributed by atoms with Gasteiger partial charge in [0.2, 0.25) is 0 Å². The second-order valence-corrected chi connectivity index (χ2v) is 9.45. The molecule has 27 heavy (non-hydrogen) atoms. The van der Waals surface area contributed by atoms with E-state index in [9.17, 15) is 19.8 Å². The molecule has 2 N–H and O–H groups in total. The third kappa shape index (κ3) is 2.66. The summed E-state index contributed by atoms with van der Waals surface area (Å²) in [6.45, 7) is 6.04. The molecule has 1 radical (unpaired) electrons. The fraction of sp³-hybridized carbons (Fsp3) is 0.682. The van der Waals surface area contributed by atoms with Crippen molar-refractivity contribution in [3.05, 3.63) is 30.2 Å². The van der Waals surface area contributed by atoms with Crippen LogP contribution in [0, 0.1) is 40.4 Å². The van der Waals surface area contributed by atoms with Crippen molar-refractivity contribution < 1.29 is 52.5 Å². The number of Topliss-reactive ketones (excluding diaryl/α,β-unsaturated/α-hetero) is 1. The molecule has 5 heteroatoms. The van der Waals surface area contributed by atoms with Crippen LogP contribution in [0.15, 0.2) is 23.8 Å². The number of hydrogen-bond donors (Lipinski definition) is 2. The van der Waals surface area contributed by atoms with Crippen LogP contribution in [0.1, 0.15) is 46.5 Å². The summed E-state index contributed by atoms with van der Waals surface area (Å²) in [5.41, 5.74) is 0.0195. The van der Waals surface area contributed by atoms with Gasteiger partial charge in [0.25, 0.3) is 0 Å². The molecule has 0 spiro atoms. The van der Waals surface area contributed by atoms with E-state index in [0.29, 0.717) is 12.3 Å². The Bertz CT molecular complexity index is 728. The Labute approximate surface area is 186 Å². The van der Waals surface area contributed by atoms with Crippen molar-refractivity contribution in [2.75, 3.05) is 6.61 Å². The van der Waals surface area contributed by atoms with Crippen LogP contribution in [0.25, 0.3) is 0 Å². The van der Waals surface area contributed by atoms with Crippen molar-refractivity contribution in [2.45, 2.75) is 52.6 Å². The molecule has 0 saturated heterocycles. The first-order valence-electron chi connectivity index (χ1n) is 9.78. The number of fused-ring (bicyclic) bond motifs is 5. The Balaban J connectivity index is 0.00000210. The van der Waals surface area contributed by atoms with E-state index < -0.39 is 12.7 Å². The summed E-state index contributed by atoms with van der Waals surface area (Å²) in [5.74, 6) is 0.371. The van der Waals surface area contributed by atoms with E-state index in [4.69, 9.17) is 0 Å². The zero-order chi connectivity index (χ0) is 18.9. The molecule has 0 aromatic rings. The van der Waals surface area contributed by atoms with E-state index >= 15 is 0 Å². The second-order valence-electron chi connectivity index (χ2n) is 9.45. The van der Waals surface area contributed by atoms with Crippen molar-refractivity contribution in [1.82, 2.24) is 0 Å². The minimum atomic E-state index is -0.555. The van der Waals surface area contributed by atoms with Crippen molar-refractivity contribution >= 4 is 11.6 Å². The van der Waals surface area contributed by atoms with Crippen molar-refractivity contribution in [3.63, 3.8) is 0 Å². The van der Waals surface area contributed by atoms with Crippen molar-refractivity contribution in [1.29, 1.82) is 0 Å². The number of aliphatic hydroxyl groups is 2. The van der Waals surface area contributed by atoms with Crippen LogP contribution >= 0.6 is 0 Å². The zero-order valence-corrected chi connectivity index (χ0v) is 19.3. The second kappa shape index (κ2) is 6.90. The predicted molar refractivity (Wildman–Crippen MR) is 97.9 cm³/mol. The number of carbonyl (C=O) groups is 2. The molecule has 4 aliphatic carbocycles. The van der Waals surface area contributed by atoms with Gasteiger partial charge < -0.3 is 15.0 Å². The Morgan fingerprint density at radius 2 is 1.96 bits per heavy atom. The Kier molecular flexibility index (Phi) is 5.47. The van der Waals surface area contributed by atoms with Crippen LogP contribution in [0.5, 0.6) is 0 Å². The Morgan fingerprint density at radius 1 is 1.26 bits per heavy atom. The summed E-state index contributed by atoms with van der Waals surface area (Å²) in [6, 6.07) is 0. The molecule has 0 aliphatic heterocycles. The molecule has 3 saturated carbocycles. The van der Waals surface area contributed by atoms with Gasteiger partial charge in [-0.1, -0.05) is 33.3 Å². The minimum absolute atomic E-state index is 0. The number of rotatable bonds is 2. The van der Waals surface area contributed by atoms with Crippen LogP contribution in [-0.2, 0) is 42.3 Å². The van der Waals surface area contributed by atoms with Gasteiger partial charge >= 0.3 is 0 Å². The largest absolute Gasteiger partial charge is 0.392 e. The third-order valence-corrected chi connectivity index (χ3v) is 8.72. The van der Waals surface area contributed by atoms with Gasteiger partial charge in [-0.05, 0) is 48.0 Å². The molecular formula is C22H29O4Y-. The molecular weight excluding hydrogens is 417 g/mol. The number of ketones is 2. The molecule has 0 bridgehead atoms. The maximum atomic E-state index is 12.4. The normalized spacial score (nSPS) is 47.7. The molecule has 0 heterocycles. The van der Waals surface area contributed by atoms with Crippen molar-refractivity contribution in [3.8, 4) is 0 Å². The molecule has 0 aromatic carbocycles. The summed E-state index contributed by atoms with van der Waals surface area (Å²) in [4.78, 5) is 24.2. The molecule has 4 aliphatic rings. The van der Waals surface area contributed by atoms with E-state index in [1.54, 1.807) is 12.2 Å². The van der Waals surface area contributed by atoms with Crippen LogP contribution < -0.4 is 0 Å². The Hall–Kier alpha value is -0.286. The number of hydrogen-bond acceptors (Lipinski definition) is 4. The minimum Gasteiger partial charge on any atom is -0.392 e. The summed E-state index contributed by atoms with van der Waals surface area (Å²) < 4.78 is 0. The predicted octanol–water partition coefficient (Wildman–Crippen LogP) is 2.64. The molecule has 0 amide bonds. The van der Waals surface area contributed by atoms with E-state index in [-0.39, 0.29) is 72.4 Å². The van der Waals surface area contributed by atoms with Gasteiger partial charge in [0.15, 0.2) is 5.78 Å². The Morgan fingerprint density at radius 3 is 2.63 bits per heavy atom. The van der Waals surface area contributed by atoms with E-state index in [1.807, 2.05) is 6.08 Å². The first-order valence-corrected chi connectivity index (χ1v) is 9.78. The molecule has 7 atom stereocenters. The summed E-state index contributed by atoms with van der Waals surface area (Å²) in [5, 5.41) is 20.8. The van der Waals surface area contributed by atoms with Crippen LogP contribution in [0.4, 0.5) is 0 Å². The fourth-order valence-electron chi connectivity index (χ4n) is 7.00. The van der Waals surface area contributed by atoms with Crippen LogP contribution in [0.3, 0.4) is 0 Å². The van der Waals surface area contributed by atoms with Gasteiger partial charge in [0.05, 0.1) is 11.9 Å². The molecule has 0 aromatic heterocycles. The quantitative estimate of drug-likeness (QED) is 0.640. The average molecular weight is 446 g/mol. The van der Waals surface area contributed by atoms with E-state index in [1.165, 1.54) is 0 Å². The number of allylic oxidation sites excluding steroid dienone is 4. The summed E-state index contributed by atoms with van der Waals surface area (Å²) in [7, 11) is 0.